The lowest BCUT2D eigenvalue weighted by atomic mass is 10.2. The summed E-state index contributed by atoms with van der Waals surface area (Å²) < 4.78 is 5.33. The highest BCUT2D eigenvalue weighted by Crippen LogP contribution is 2.30. The summed E-state index contributed by atoms with van der Waals surface area (Å²) in [6.45, 7) is 0.874. The van der Waals surface area contributed by atoms with Crippen LogP contribution in [0, 0.1) is 0 Å². The molecule has 2 amide bonds. The molecule has 8 heteroatoms. The van der Waals surface area contributed by atoms with Crippen molar-refractivity contribution in [1.82, 2.24) is 4.98 Å². The number of esters is 1. The molecule has 0 unspecified atom stereocenters. The number of anilines is 2. The molecule has 7 nitrogen and oxygen atoms in total. The summed E-state index contributed by atoms with van der Waals surface area (Å²) in [5.74, 6) is -0.785. The van der Waals surface area contributed by atoms with Crippen molar-refractivity contribution in [1.29, 1.82) is 0 Å². The van der Waals surface area contributed by atoms with E-state index in [1.165, 1.54) is 11.8 Å². The molecule has 2 aliphatic heterocycles. The van der Waals surface area contributed by atoms with Crippen LogP contribution in [0.15, 0.2) is 71.9 Å². The third kappa shape index (κ3) is 4.41. The van der Waals surface area contributed by atoms with Crippen LogP contribution < -0.4 is 9.80 Å². The van der Waals surface area contributed by atoms with Crippen LogP contribution in [0.3, 0.4) is 0 Å². The van der Waals surface area contributed by atoms with Crippen LogP contribution in [0.2, 0.25) is 0 Å². The summed E-state index contributed by atoms with van der Waals surface area (Å²) in [5.41, 5.74) is 4.32. The zero-order valence-corrected chi connectivity index (χ0v) is 19.3. The molecule has 0 radical (unpaired) electrons. The van der Waals surface area contributed by atoms with Gasteiger partial charge in [0.25, 0.3) is 5.91 Å². The topological polar surface area (TPSA) is 79.8 Å². The highest BCUT2D eigenvalue weighted by Gasteiger charge is 2.27. The molecule has 0 saturated heterocycles. The standard InChI is InChI=1S/C26H23N3O4S/c30-23(28-14-11-18-6-1-3-9-21(18)28)16-33-26(32)20-8-5-13-27-25(20)34-17-24(31)29-15-12-19-7-2-4-10-22(19)29/h1-10,13H,11-12,14-17H2. The van der Waals surface area contributed by atoms with Gasteiger partial charge in [0.15, 0.2) is 6.61 Å². The number of pyridine rings is 1. The molecule has 1 aromatic heterocycles. The second-order valence-electron chi connectivity index (χ2n) is 8.07. The van der Waals surface area contributed by atoms with Crippen molar-refractivity contribution in [3.05, 3.63) is 83.6 Å². The average Bonchev–Trinajstić information content (AvgIpc) is 3.50. The molecule has 0 atom stereocenters. The van der Waals surface area contributed by atoms with Gasteiger partial charge in [0.1, 0.15) is 5.03 Å². The van der Waals surface area contributed by atoms with Gasteiger partial charge in [-0.2, -0.15) is 0 Å². The maximum absolute atomic E-state index is 12.8. The molecule has 172 valence electrons. The van der Waals surface area contributed by atoms with Crippen molar-refractivity contribution < 1.29 is 19.1 Å². The third-order valence-electron chi connectivity index (χ3n) is 6.03. The lowest BCUT2D eigenvalue weighted by Crippen LogP contribution is -2.33. The van der Waals surface area contributed by atoms with E-state index in [-0.39, 0.29) is 29.7 Å². The van der Waals surface area contributed by atoms with Gasteiger partial charge in [-0.25, -0.2) is 9.78 Å². The quantitative estimate of drug-likeness (QED) is 0.403. The Morgan fingerprint density at radius 2 is 1.44 bits per heavy atom. The predicted octanol–water partition coefficient (Wildman–Crippen LogP) is 3.51. The van der Waals surface area contributed by atoms with Gasteiger partial charge in [0, 0.05) is 30.7 Å². The maximum atomic E-state index is 12.8. The van der Waals surface area contributed by atoms with E-state index in [2.05, 4.69) is 4.98 Å². The lowest BCUT2D eigenvalue weighted by molar-refractivity contribution is -0.121. The van der Waals surface area contributed by atoms with Gasteiger partial charge in [0.2, 0.25) is 5.91 Å². The van der Waals surface area contributed by atoms with E-state index in [1.54, 1.807) is 28.1 Å². The number of hydrogen-bond donors (Lipinski definition) is 0. The van der Waals surface area contributed by atoms with E-state index in [4.69, 9.17) is 4.74 Å². The van der Waals surface area contributed by atoms with Gasteiger partial charge in [0.05, 0.1) is 11.3 Å². The first-order valence-corrected chi connectivity index (χ1v) is 12.1. The summed E-state index contributed by atoms with van der Waals surface area (Å²) in [6, 6.07) is 18.8. The summed E-state index contributed by atoms with van der Waals surface area (Å²) in [6.07, 6.45) is 3.19. The fourth-order valence-corrected chi connectivity index (χ4v) is 5.21. The largest absolute Gasteiger partial charge is 0.452 e. The number of carbonyl (C=O) groups is 3. The molecular weight excluding hydrogens is 450 g/mol. The van der Waals surface area contributed by atoms with Gasteiger partial charge >= 0.3 is 5.97 Å². The van der Waals surface area contributed by atoms with Crippen molar-refractivity contribution in [3.8, 4) is 0 Å². The van der Waals surface area contributed by atoms with Crippen molar-refractivity contribution in [3.63, 3.8) is 0 Å². The van der Waals surface area contributed by atoms with Gasteiger partial charge in [-0.15, -0.1) is 0 Å². The van der Waals surface area contributed by atoms with Crippen LogP contribution in [0.4, 0.5) is 11.4 Å². The average molecular weight is 474 g/mol. The molecule has 0 bridgehead atoms. The van der Waals surface area contributed by atoms with E-state index in [9.17, 15) is 14.4 Å². The van der Waals surface area contributed by atoms with E-state index < -0.39 is 5.97 Å². The number of aromatic nitrogens is 1. The van der Waals surface area contributed by atoms with Crippen LogP contribution in [0.1, 0.15) is 21.5 Å². The predicted molar refractivity (Wildman–Crippen MR) is 130 cm³/mol. The second-order valence-corrected chi connectivity index (χ2v) is 9.03. The normalized spacial score (nSPS) is 14.0. The number of benzene rings is 2. The first kappa shape index (κ1) is 22.2. The molecule has 3 heterocycles. The smallest absolute Gasteiger partial charge is 0.341 e. The van der Waals surface area contributed by atoms with Gasteiger partial charge < -0.3 is 14.5 Å². The van der Waals surface area contributed by atoms with E-state index in [1.807, 2.05) is 48.5 Å². The maximum Gasteiger partial charge on any atom is 0.341 e. The second kappa shape index (κ2) is 9.69. The minimum absolute atomic E-state index is 0.0391. The summed E-state index contributed by atoms with van der Waals surface area (Å²) in [7, 11) is 0. The minimum Gasteiger partial charge on any atom is -0.452 e. The van der Waals surface area contributed by atoms with Crippen LogP contribution in [-0.2, 0) is 27.2 Å². The Labute approximate surface area is 201 Å². The van der Waals surface area contributed by atoms with Crippen molar-refractivity contribution in [2.45, 2.75) is 17.9 Å². The fourth-order valence-electron chi connectivity index (χ4n) is 4.35. The first-order valence-electron chi connectivity index (χ1n) is 11.1. The van der Waals surface area contributed by atoms with Gasteiger partial charge in [-0.05, 0) is 48.2 Å². The number of amides is 2. The number of para-hydroxylation sites is 2. The number of hydrogen-bond acceptors (Lipinski definition) is 6. The number of rotatable bonds is 6. The Morgan fingerprint density at radius 1 is 0.824 bits per heavy atom. The number of carbonyl (C=O) groups excluding carboxylic acids is 3. The highest BCUT2D eigenvalue weighted by atomic mass is 32.2. The molecule has 2 aromatic carbocycles. The summed E-state index contributed by atoms with van der Waals surface area (Å²) in [5, 5.41) is 0.410. The molecule has 0 saturated carbocycles. The first-order chi connectivity index (χ1) is 16.6. The van der Waals surface area contributed by atoms with Crippen LogP contribution in [0.25, 0.3) is 0 Å². The van der Waals surface area contributed by atoms with Gasteiger partial charge in [-0.3, -0.25) is 9.59 Å². The molecule has 0 N–H and O–H groups in total. The third-order valence-corrected chi connectivity index (χ3v) is 7.02. The molecule has 0 spiro atoms. The summed E-state index contributed by atoms with van der Waals surface area (Å²) >= 11 is 1.20. The zero-order chi connectivity index (χ0) is 23.5. The molecule has 0 aliphatic carbocycles. The van der Waals surface area contributed by atoms with E-state index in [0.717, 1.165) is 35.3 Å². The Bertz CT molecular complexity index is 1260. The molecule has 2 aliphatic rings. The van der Waals surface area contributed by atoms with Crippen LogP contribution >= 0.6 is 11.8 Å². The number of nitrogens with zero attached hydrogens (tertiary/aromatic N) is 3. The van der Waals surface area contributed by atoms with Gasteiger partial charge in [-0.1, -0.05) is 48.2 Å². The Morgan fingerprint density at radius 3 is 2.12 bits per heavy atom. The molecule has 34 heavy (non-hydrogen) atoms. The Hall–Kier alpha value is -3.65. The zero-order valence-electron chi connectivity index (χ0n) is 18.5. The number of fused-ring (bicyclic) bond motifs is 2. The van der Waals surface area contributed by atoms with Crippen molar-refractivity contribution in [2.75, 3.05) is 35.2 Å². The Kier molecular flexibility index (Phi) is 6.31. The molecule has 5 rings (SSSR count). The minimum atomic E-state index is -0.629. The van der Waals surface area contributed by atoms with Crippen molar-refractivity contribution in [2.24, 2.45) is 0 Å². The molecule has 0 fully saturated rings. The van der Waals surface area contributed by atoms with E-state index in [0.29, 0.717) is 18.1 Å². The van der Waals surface area contributed by atoms with E-state index >= 15 is 0 Å². The molecular formula is C26H23N3O4S. The van der Waals surface area contributed by atoms with Crippen LogP contribution in [-0.4, -0.2) is 48.2 Å². The molecule has 3 aromatic rings. The van der Waals surface area contributed by atoms with Crippen LogP contribution in [0.5, 0.6) is 0 Å². The highest BCUT2D eigenvalue weighted by molar-refractivity contribution is 8.00. The Balaban J connectivity index is 1.20. The fraction of sp³-hybridized carbons (Fsp3) is 0.231. The SMILES string of the molecule is O=C(OCC(=O)N1CCc2ccccc21)c1cccnc1SCC(=O)N1CCc2ccccc21. The summed E-state index contributed by atoms with van der Waals surface area (Å²) in [4.78, 5) is 46.0. The lowest BCUT2D eigenvalue weighted by Gasteiger charge is -2.18. The number of thioether (sulfide) groups is 1. The number of ether oxygens (including phenoxy) is 1. The monoisotopic (exact) mass is 473 g/mol. The van der Waals surface area contributed by atoms with Crippen molar-refractivity contribution >= 4 is 40.9 Å².